The minimum Gasteiger partial charge on any atom is -0.321 e. The van der Waals surface area contributed by atoms with Gasteiger partial charge in [0.15, 0.2) is 0 Å². The van der Waals surface area contributed by atoms with Crippen molar-refractivity contribution in [2.24, 2.45) is 0 Å². The minimum absolute atomic E-state index is 0.0721. The first kappa shape index (κ1) is 17.4. The Labute approximate surface area is 160 Å². The number of hydrogen-bond acceptors (Lipinski definition) is 4. The zero-order valence-corrected chi connectivity index (χ0v) is 15.0. The normalized spacial score (nSPS) is 10.8. The van der Waals surface area contributed by atoms with Crippen molar-refractivity contribution < 1.29 is 9.72 Å². The molecule has 4 aromatic rings. The molecule has 2 aromatic carbocycles. The lowest BCUT2D eigenvalue weighted by atomic mass is 10.1. The maximum absolute atomic E-state index is 12.6. The molecule has 7 heteroatoms. The molecule has 0 radical (unpaired) electrons. The van der Waals surface area contributed by atoms with Gasteiger partial charge in [-0.2, -0.15) is 0 Å². The molecule has 0 unspecified atom stereocenters. The van der Waals surface area contributed by atoms with Crippen LogP contribution in [0.15, 0.2) is 73.1 Å². The zero-order valence-electron chi connectivity index (χ0n) is 15.0. The number of carbonyl (C=O) groups excluding carboxylic acids is 1. The third kappa shape index (κ3) is 3.33. The predicted octanol–water partition coefficient (Wildman–Crippen LogP) is 4.47. The topological polar surface area (TPSA) is 89.5 Å². The SMILES string of the molecule is Cc1ccc([N+](=O)[O-])cc1NC(=O)c1ccn2cc(-c3ccccc3)nc2c1. The maximum atomic E-state index is 12.6. The number of imidazole rings is 1. The van der Waals surface area contributed by atoms with E-state index >= 15 is 0 Å². The number of non-ortho nitro benzene ring substituents is 1. The summed E-state index contributed by atoms with van der Waals surface area (Å²) in [7, 11) is 0. The molecule has 0 saturated carbocycles. The van der Waals surface area contributed by atoms with E-state index in [0.29, 0.717) is 16.9 Å². The fourth-order valence-corrected chi connectivity index (χ4v) is 2.92. The van der Waals surface area contributed by atoms with E-state index in [4.69, 9.17) is 0 Å². The predicted molar refractivity (Wildman–Crippen MR) is 106 cm³/mol. The van der Waals surface area contributed by atoms with Crippen LogP contribution >= 0.6 is 0 Å². The monoisotopic (exact) mass is 372 g/mol. The number of benzene rings is 2. The van der Waals surface area contributed by atoms with Gasteiger partial charge in [-0.05, 0) is 24.6 Å². The third-order valence-electron chi connectivity index (χ3n) is 4.47. The average molecular weight is 372 g/mol. The molecule has 28 heavy (non-hydrogen) atoms. The molecular weight excluding hydrogens is 356 g/mol. The van der Waals surface area contributed by atoms with Gasteiger partial charge in [0.05, 0.1) is 16.3 Å². The first-order valence-corrected chi connectivity index (χ1v) is 8.62. The van der Waals surface area contributed by atoms with Crippen molar-refractivity contribution in [3.63, 3.8) is 0 Å². The van der Waals surface area contributed by atoms with Crippen molar-refractivity contribution in [1.29, 1.82) is 0 Å². The zero-order chi connectivity index (χ0) is 19.7. The Bertz CT molecular complexity index is 1200. The van der Waals surface area contributed by atoms with Crippen LogP contribution in [-0.2, 0) is 0 Å². The van der Waals surface area contributed by atoms with E-state index in [0.717, 1.165) is 16.8 Å². The molecule has 4 rings (SSSR count). The average Bonchev–Trinajstić information content (AvgIpc) is 3.13. The Morgan fingerprint density at radius 3 is 2.64 bits per heavy atom. The molecule has 7 nitrogen and oxygen atoms in total. The highest BCUT2D eigenvalue weighted by molar-refractivity contribution is 6.05. The highest BCUT2D eigenvalue weighted by Crippen LogP contribution is 2.23. The number of hydrogen-bond donors (Lipinski definition) is 1. The van der Waals surface area contributed by atoms with Crippen molar-refractivity contribution in [3.05, 3.63) is 94.3 Å². The van der Waals surface area contributed by atoms with Crippen molar-refractivity contribution >= 4 is 22.9 Å². The lowest BCUT2D eigenvalue weighted by Gasteiger charge is -2.08. The largest absolute Gasteiger partial charge is 0.321 e. The summed E-state index contributed by atoms with van der Waals surface area (Å²) in [5, 5.41) is 13.7. The van der Waals surface area contributed by atoms with Crippen LogP contribution in [0.1, 0.15) is 15.9 Å². The second-order valence-electron chi connectivity index (χ2n) is 6.38. The van der Waals surface area contributed by atoms with Crippen LogP contribution in [0.4, 0.5) is 11.4 Å². The summed E-state index contributed by atoms with van der Waals surface area (Å²) in [6.07, 6.45) is 3.67. The second-order valence-corrected chi connectivity index (χ2v) is 6.38. The van der Waals surface area contributed by atoms with Crippen molar-refractivity contribution in [1.82, 2.24) is 9.38 Å². The van der Waals surface area contributed by atoms with E-state index in [1.807, 2.05) is 40.9 Å². The van der Waals surface area contributed by atoms with Crippen LogP contribution in [0.3, 0.4) is 0 Å². The number of pyridine rings is 1. The molecule has 0 fully saturated rings. The summed E-state index contributed by atoms with van der Waals surface area (Å²) in [6, 6.07) is 17.5. The number of aromatic nitrogens is 2. The van der Waals surface area contributed by atoms with Gasteiger partial charge in [0.2, 0.25) is 0 Å². The van der Waals surface area contributed by atoms with Crippen LogP contribution in [0.2, 0.25) is 0 Å². The second kappa shape index (κ2) is 6.96. The number of rotatable bonds is 4. The van der Waals surface area contributed by atoms with Gasteiger partial charge in [-0.25, -0.2) is 4.98 Å². The summed E-state index contributed by atoms with van der Waals surface area (Å²) in [5.41, 5.74) is 3.94. The molecule has 0 bridgehead atoms. The molecule has 0 atom stereocenters. The fraction of sp³-hybridized carbons (Fsp3) is 0.0476. The van der Waals surface area contributed by atoms with Crippen molar-refractivity contribution in [2.45, 2.75) is 6.92 Å². The molecule has 0 aliphatic rings. The van der Waals surface area contributed by atoms with Gasteiger partial charge in [-0.15, -0.1) is 0 Å². The molecule has 1 N–H and O–H groups in total. The third-order valence-corrected chi connectivity index (χ3v) is 4.47. The molecule has 2 aromatic heterocycles. The number of fused-ring (bicyclic) bond motifs is 1. The number of aryl methyl sites for hydroxylation is 1. The smallest absolute Gasteiger partial charge is 0.271 e. The molecule has 0 aliphatic carbocycles. The molecule has 138 valence electrons. The minimum atomic E-state index is -0.489. The summed E-state index contributed by atoms with van der Waals surface area (Å²) in [5.74, 6) is -0.352. The summed E-state index contributed by atoms with van der Waals surface area (Å²) in [6.45, 7) is 1.78. The molecule has 0 saturated heterocycles. The number of nitrogens with one attached hydrogen (secondary N) is 1. The summed E-state index contributed by atoms with van der Waals surface area (Å²) < 4.78 is 1.84. The van der Waals surface area contributed by atoms with Gasteiger partial charge >= 0.3 is 0 Å². The maximum Gasteiger partial charge on any atom is 0.271 e. The van der Waals surface area contributed by atoms with E-state index in [-0.39, 0.29) is 11.6 Å². The fourth-order valence-electron chi connectivity index (χ4n) is 2.92. The van der Waals surface area contributed by atoms with E-state index in [1.165, 1.54) is 12.1 Å². The Hall–Kier alpha value is -4.00. The number of nitro benzene ring substituents is 1. The van der Waals surface area contributed by atoms with Crippen molar-refractivity contribution in [2.75, 3.05) is 5.32 Å². The number of anilines is 1. The van der Waals surface area contributed by atoms with Gasteiger partial charge in [0.1, 0.15) is 5.65 Å². The lowest BCUT2D eigenvalue weighted by Crippen LogP contribution is -2.13. The Morgan fingerprint density at radius 1 is 1.11 bits per heavy atom. The van der Waals surface area contributed by atoms with Gasteiger partial charge in [0.25, 0.3) is 11.6 Å². The van der Waals surface area contributed by atoms with Crippen LogP contribution < -0.4 is 5.32 Å². The van der Waals surface area contributed by atoms with Crippen molar-refractivity contribution in [3.8, 4) is 11.3 Å². The summed E-state index contributed by atoms with van der Waals surface area (Å²) >= 11 is 0. The number of nitrogens with zero attached hydrogens (tertiary/aromatic N) is 3. The van der Waals surface area contributed by atoms with Crippen LogP contribution in [0, 0.1) is 17.0 Å². The van der Waals surface area contributed by atoms with Gasteiger partial charge in [-0.3, -0.25) is 14.9 Å². The Balaban J connectivity index is 1.63. The Kier molecular flexibility index (Phi) is 4.33. The molecular formula is C21H16N4O3. The van der Waals surface area contributed by atoms with E-state index < -0.39 is 4.92 Å². The van der Waals surface area contributed by atoms with Crippen LogP contribution in [-0.4, -0.2) is 20.2 Å². The van der Waals surface area contributed by atoms with E-state index in [2.05, 4.69) is 10.3 Å². The molecule has 0 aliphatic heterocycles. The van der Waals surface area contributed by atoms with Crippen LogP contribution in [0.25, 0.3) is 16.9 Å². The van der Waals surface area contributed by atoms with E-state index in [9.17, 15) is 14.9 Å². The Morgan fingerprint density at radius 2 is 1.89 bits per heavy atom. The highest BCUT2D eigenvalue weighted by Gasteiger charge is 2.13. The first-order chi connectivity index (χ1) is 13.5. The van der Waals surface area contributed by atoms with Gasteiger partial charge in [-0.1, -0.05) is 36.4 Å². The molecule has 2 heterocycles. The quantitative estimate of drug-likeness (QED) is 0.423. The standard InChI is InChI=1S/C21H16N4O3/c1-14-7-8-17(25(27)28)12-18(14)23-21(26)16-9-10-24-13-19(22-20(24)11-16)15-5-3-2-4-6-15/h2-13H,1H3,(H,23,26). The van der Waals surface area contributed by atoms with Gasteiger partial charge < -0.3 is 9.72 Å². The highest BCUT2D eigenvalue weighted by atomic mass is 16.6. The summed E-state index contributed by atoms with van der Waals surface area (Å²) in [4.78, 5) is 27.7. The van der Waals surface area contributed by atoms with Gasteiger partial charge in [0, 0.05) is 35.7 Å². The lowest BCUT2D eigenvalue weighted by molar-refractivity contribution is -0.384. The number of nitro groups is 1. The van der Waals surface area contributed by atoms with Crippen LogP contribution in [0.5, 0.6) is 0 Å². The number of carbonyl (C=O) groups is 1. The number of amides is 1. The molecule has 0 spiro atoms. The molecule has 1 amide bonds. The first-order valence-electron chi connectivity index (χ1n) is 8.62. The van der Waals surface area contributed by atoms with E-state index in [1.54, 1.807) is 31.3 Å².